The van der Waals surface area contributed by atoms with Crippen molar-refractivity contribution in [2.24, 2.45) is 4.99 Å². The Labute approximate surface area is 233 Å². The maximum Gasteiger partial charge on any atom is 0.251 e. The average Bonchev–Trinajstić information content (AvgIpc) is 3.35. The summed E-state index contributed by atoms with van der Waals surface area (Å²) in [4.78, 5) is 33.0. The maximum absolute atomic E-state index is 13.6. The summed E-state index contributed by atoms with van der Waals surface area (Å²) < 4.78 is 19.2. The molecule has 0 fully saturated rings. The van der Waals surface area contributed by atoms with Gasteiger partial charge in [0.2, 0.25) is 5.91 Å². The Balaban J connectivity index is 1.47. The fourth-order valence-corrected chi connectivity index (χ4v) is 5.06. The molecule has 0 aromatic heterocycles. The van der Waals surface area contributed by atoms with E-state index in [0.29, 0.717) is 22.7 Å². The fourth-order valence-electron chi connectivity index (χ4n) is 5.06. The number of nitrogens with zero attached hydrogens (tertiary/aromatic N) is 2. The minimum absolute atomic E-state index is 0.220. The molecular formula is C32H31FN4O3. The van der Waals surface area contributed by atoms with Crippen LogP contribution in [0.25, 0.3) is 5.57 Å². The number of amides is 2. The molecule has 0 radical (unpaired) electrons. The number of halogens is 1. The summed E-state index contributed by atoms with van der Waals surface area (Å²) in [5, 5.41) is 5.85. The first-order valence-corrected chi connectivity index (χ1v) is 13.0. The van der Waals surface area contributed by atoms with E-state index in [1.54, 1.807) is 44.5 Å². The van der Waals surface area contributed by atoms with Crippen LogP contribution in [-0.2, 0) is 10.3 Å². The number of carbonyl (C=O) groups is 2. The molecule has 2 unspecified atom stereocenters. The van der Waals surface area contributed by atoms with E-state index >= 15 is 0 Å². The van der Waals surface area contributed by atoms with Gasteiger partial charge in [-0.2, -0.15) is 0 Å². The predicted octanol–water partition coefficient (Wildman–Crippen LogP) is 4.98. The molecule has 0 saturated carbocycles. The van der Waals surface area contributed by atoms with Gasteiger partial charge in [-0.3, -0.25) is 14.6 Å². The van der Waals surface area contributed by atoms with Gasteiger partial charge in [0, 0.05) is 29.9 Å². The van der Waals surface area contributed by atoms with Crippen LogP contribution in [0.3, 0.4) is 0 Å². The van der Waals surface area contributed by atoms with Crippen molar-refractivity contribution in [2.45, 2.75) is 31.5 Å². The van der Waals surface area contributed by atoms with Crippen LogP contribution in [0, 0.1) is 5.82 Å². The zero-order valence-corrected chi connectivity index (χ0v) is 22.8. The van der Waals surface area contributed by atoms with Gasteiger partial charge in [-0.1, -0.05) is 42.5 Å². The molecule has 0 saturated heterocycles. The van der Waals surface area contributed by atoms with Gasteiger partial charge in [0.1, 0.15) is 29.5 Å². The van der Waals surface area contributed by atoms with Crippen molar-refractivity contribution in [3.05, 3.63) is 119 Å². The lowest BCUT2D eigenvalue weighted by atomic mass is 9.93. The second kappa shape index (κ2) is 10.8. The van der Waals surface area contributed by atoms with Crippen LogP contribution in [0.5, 0.6) is 5.75 Å². The van der Waals surface area contributed by atoms with Crippen LogP contribution in [0.1, 0.15) is 46.9 Å². The van der Waals surface area contributed by atoms with Crippen LogP contribution in [0.4, 0.5) is 4.39 Å². The molecule has 7 nitrogen and oxygen atoms in total. The number of hydrogen-bond donors (Lipinski definition) is 2. The topological polar surface area (TPSA) is 83.0 Å². The van der Waals surface area contributed by atoms with Gasteiger partial charge in [-0.05, 0) is 67.5 Å². The molecule has 2 atom stereocenters. The van der Waals surface area contributed by atoms with E-state index in [-0.39, 0.29) is 17.6 Å². The smallest absolute Gasteiger partial charge is 0.251 e. The van der Waals surface area contributed by atoms with E-state index in [1.165, 1.54) is 12.1 Å². The average molecular weight is 539 g/mol. The largest absolute Gasteiger partial charge is 0.496 e. The zero-order valence-electron chi connectivity index (χ0n) is 22.8. The highest BCUT2D eigenvalue weighted by molar-refractivity contribution is 6.05. The summed E-state index contributed by atoms with van der Waals surface area (Å²) in [5.74, 6) is 0.405. The first-order chi connectivity index (χ1) is 19.2. The number of fused-ring (bicyclic) bond motifs is 1. The highest BCUT2D eigenvalue weighted by Gasteiger charge is 2.41. The van der Waals surface area contributed by atoms with Crippen molar-refractivity contribution in [3.63, 3.8) is 0 Å². The molecule has 2 N–H and O–H groups in total. The zero-order chi connectivity index (χ0) is 28.4. The Hall–Kier alpha value is -4.72. The lowest BCUT2D eigenvalue weighted by Crippen LogP contribution is -2.45. The van der Waals surface area contributed by atoms with Crippen LogP contribution < -0.4 is 15.4 Å². The first kappa shape index (κ1) is 26.9. The Morgan fingerprint density at radius 2 is 1.73 bits per heavy atom. The van der Waals surface area contributed by atoms with Gasteiger partial charge in [0.05, 0.1) is 12.6 Å². The molecule has 0 bridgehead atoms. The summed E-state index contributed by atoms with van der Waals surface area (Å²) >= 11 is 0. The number of ether oxygens (including phenoxy) is 1. The van der Waals surface area contributed by atoms with E-state index in [0.717, 1.165) is 16.7 Å². The molecular weight excluding hydrogens is 507 g/mol. The minimum Gasteiger partial charge on any atom is -0.496 e. The number of rotatable bonds is 7. The van der Waals surface area contributed by atoms with Gasteiger partial charge in [0.25, 0.3) is 5.91 Å². The van der Waals surface area contributed by atoms with Crippen molar-refractivity contribution in [2.75, 3.05) is 14.2 Å². The Morgan fingerprint density at radius 1 is 1.00 bits per heavy atom. The monoisotopic (exact) mass is 538 g/mol. The quantitative estimate of drug-likeness (QED) is 0.445. The number of benzene rings is 3. The van der Waals surface area contributed by atoms with Crippen molar-refractivity contribution in [3.8, 4) is 5.75 Å². The number of likely N-dealkylation sites (N-methyl/N-ethyl adjacent to an activating group) is 1. The first-order valence-electron chi connectivity index (χ1n) is 13.0. The van der Waals surface area contributed by atoms with Crippen LogP contribution in [0.15, 0.2) is 96.1 Å². The van der Waals surface area contributed by atoms with E-state index in [9.17, 15) is 14.0 Å². The van der Waals surface area contributed by atoms with Crippen molar-refractivity contribution in [1.82, 2.24) is 15.5 Å². The normalized spacial score (nSPS) is 18.0. The third-order valence-corrected chi connectivity index (χ3v) is 7.25. The molecule has 204 valence electrons. The van der Waals surface area contributed by atoms with Crippen molar-refractivity contribution < 1.29 is 18.7 Å². The van der Waals surface area contributed by atoms with Crippen LogP contribution in [0.2, 0.25) is 0 Å². The minimum atomic E-state index is -0.672. The highest BCUT2D eigenvalue weighted by atomic mass is 19.1. The molecule has 40 heavy (non-hydrogen) atoms. The molecule has 3 aromatic carbocycles. The third kappa shape index (κ3) is 5.12. The van der Waals surface area contributed by atoms with E-state index < -0.39 is 17.6 Å². The van der Waals surface area contributed by atoms with Crippen LogP contribution in [-0.4, -0.2) is 42.7 Å². The number of carbonyl (C=O) groups excluding carboxylic acids is 2. The fraction of sp³-hybridized carbons (Fsp3) is 0.219. The highest BCUT2D eigenvalue weighted by Crippen LogP contribution is 2.38. The van der Waals surface area contributed by atoms with Crippen molar-refractivity contribution in [1.29, 1.82) is 0 Å². The standard InChI is InChI=1S/C32H31FN4O3/c1-32(2,23-8-6-5-7-9-23)36-30(38)21-12-16-26(40-4)25(18-21)22-13-17-27-35-28(20-10-14-24(33)15-11-20)29(31(39)34-3)37(27)19-22/h5-19,28-29H,1-4H3,(H,34,39)(H,36,38). The summed E-state index contributed by atoms with van der Waals surface area (Å²) in [6.45, 7) is 3.92. The summed E-state index contributed by atoms with van der Waals surface area (Å²) in [7, 11) is 3.15. The summed E-state index contributed by atoms with van der Waals surface area (Å²) in [6, 6.07) is 19.9. The number of amidine groups is 1. The number of aliphatic imine (C=N–C) groups is 1. The predicted molar refractivity (Wildman–Crippen MR) is 153 cm³/mol. The third-order valence-electron chi connectivity index (χ3n) is 7.25. The van der Waals surface area contributed by atoms with Gasteiger partial charge < -0.3 is 20.3 Å². The molecule has 2 amide bonds. The van der Waals surface area contributed by atoms with Gasteiger partial charge in [0.15, 0.2) is 0 Å². The van der Waals surface area contributed by atoms with E-state index in [1.807, 2.05) is 67.4 Å². The molecule has 0 aliphatic carbocycles. The molecule has 2 aliphatic heterocycles. The van der Waals surface area contributed by atoms with Gasteiger partial charge in [-0.15, -0.1) is 0 Å². The van der Waals surface area contributed by atoms with E-state index in [4.69, 9.17) is 9.73 Å². The lowest BCUT2D eigenvalue weighted by Gasteiger charge is -2.28. The molecule has 2 aliphatic rings. The molecule has 3 aromatic rings. The van der Waals surface area contributed by atoms with Crippen molar-refractivity contribution >= 4 is 23.2 Å². The molecule has 2 heterocycles. The Morgan fingerprint density at radius 3 is 2.40 bits per heavy atom. The number of hydrogen-bond acceptors (Lipinski definition) is 5. The number of nitrogens with one attached hydrogen (secondary N) is 2. The lowest BCUT2D eigenvalue weighted by molar-refractivity contribution is -0.124. The van der Waals surface area contributed by atoms with E-state index in [2.05, 4.69) is 10.6 Å². The van der Waals surface area contributed by atoms with Gasteiger partial charge >= 0.3 is 0 Å². The van der Waals surface area contributed by atoms with Crippen LogP contribution >= 0.6 is 0 Å². The summed E-state index contributed by atoms with van der Waals surface area (Å²) in [5.41, 5.74) is 3.07. The molecule has 8 heteroatoms. The summed E-state index contributed by atoms with van der Waals surface area (Å²) in [6.07, 6.45) is 5.56. The Kier molecular flexibility index (Phi) is 7.26. The second-order valence-electron chi connectivity index (χ2n) is 10.2. The number of methoxy groups -OCH3 is 1. The maximum atomic E-state index is 13.6. The Bertz CT molecular complexity index is 1530. The number of allylic oxidation sites excluding steroid dienone is 2. The SMILES string of the molecule is CNC(=O)C1C(c2ccc(F)cc2)N=C2C=CC(c3cc(C(=O)NC(C)(C)c4ccccc4)ccc3OC)=CN21. The molecule has 5 rings (SSSR count). The molecule has 0 spiro atoms. The van der Waals surface area contributed by atoms with Gasteiger partial charge in [-0.25, -0.2) is 4.39 Å². The second-order valence-corrected chi connectivity index (χ2v) is 10.2.